The van der Waals surface area contributed by atoms with Crippen LogP contribution in [-0.2, 0) is 23.6 Å². The molecule has 0 saturated carbocycles. The Kier molecular flexibility index (Phi) is 4.04. The monoisotopic (exact) mass is 292 g/mol. The number of aromatic carboxylic acids is 1. The Hall–Kier alpha value is -1.95. The van der Waals surface area contributed by atoms with Gasteiger partial charge in [0.05, 0.1) is 28.4 Å². The van der Waals surface area contributed by atoms with Gasteiger partial charge in [-0.1, -0.05) is 17.7 Å². The first-order valence-corrected chi connectivity index (χ1v) is 7.42. The fourth-order valence-electron chi connectivity index (χ4n) is 2.07. The molecule has 5 nitrogen and oxygen atoms in total. The molecule has 6 heteroatoms. The SMILES string of the molecule is Cc1ccc(S(=O)Cc2c(C(=O)O)cnn2C)c(C)c1. The van der Waals surface area contributed by atoms with Gasteiger partial charge in [0.2, 0.25) is 0 Å². The number of carbonyl (C=O) groups is 1. The Morgan fingerprint density at radius 1 is 1.40 bits per heavy atom. The van der Waals surface area contributed by atoms with E-state index in [1.807, 2.05) is 32.0 Å². The van der Waals surface area contributed by atoms with E-state index in [0.29, 0.717) is 5.69 Å². The summed E-state index contributed by atoms with van der Waals surface area (Å²) in [4.78, 5) is 11.8. The molecule has 0 aliphatic carbocycles. The van der Waals surface area contributed by atoms with Gasteiger partial charge in [0, 0.05) is 11.9 Å². The number of aryl methyl sites for hydroxylation is 3. The van der Waals surface area contributed by atoms with Crippen LogP contribution in [0.5, 0.6) is 0 Å². The van der Waals surface area contributed by atoms with Crippen molar-refractivity contribution in [3.63, 3.8) is 0 Å². The summed E-state index contributed by atoms with van der Waals surface area (Å²) in [7, 11) is 0.360. The fraction of sp³-hybridized carbons (Fsp3) is 0.286. The summed E-state index contributed by atoms with van der Waals surface area (Å²) in [6, 6.07) is 5.70. The highest BCUT2D eigenvalue weighted by atomic mass is 32.2. The van der Waals surface area contributed by atoms with Gasteiger partial charge in [0.25, 0.3) is 0 Å². The summed E-state index contributed by atoms with van der Waals surface area (Å²) in [5.41, 5.74) is 2.62. The predicted octanol–water partition coefficient (Wildman–Crippen LogP) is 2.04. The van der Waals surface area contributed by atoms with E-state index >= 15 is 0 Å². The molecule has 2 rings (SSSR count). The molecule has 0 amide bonds. The largest absolute Gasteiger partial charge is 0.478 e. The average Bonchev–Trinajstić information content (AvgIpc) is 2.71. The molecule has 1 aromatic carbocycles. The van der Waals surface area contributed by atoms with Crippen LogP contribution in [0.1, 0.15) is 27.2 Å². The molecule has 0 fully saturated rings. The first kappa shape index (κ1) is 14.5. The third-order valence-corrected chi connectivity index (χ3v) is 4.62. The average molecular weight is 292 g/mol. The zero-order valence-corrected chi connectivity index (χ0v) is 12.4. The molecular formula is C14H16N2O3S. The van der Waals surface area contributed by atoms with Crippen molar-refractivity contribution in [1.82, 2.24) is 9.78 Å². The number of hydrogen-bond donors (Lipinski definition) is 1. The van der Waals surface area contributed by atoms with Gasteiger partial charge in [0.1, 0.15) is 5.56 Å². The fourth-order valence-corrected chi connectivity index (χ4v) is 3.45. The van der Waals surface area contributed by atoms with Crippen LogP contribution >= 0.6 is 0 Å². The second-order valence-electron chi connectivity index (χ2n) is 4.69. The van der Waals surface area contributed by atoms with E-state index in [-0.39, 0.29) is 11.3 Å². The van der Waals surface area contributed by atoms with Gasteiger partial charge < -0.3 is 5.11 Å². The van der Waals surface area contributed by atoms with Crippen LogP contribution in [0, 0.1) is 13.8 Å². The molecule has 0 bridgehead atoms. The van der Waals surface area contributed by atoms with E-state index < -0.39 is 16.8 Å². The number of rotatable bonds is 4. The number of benzene rings is 1. The van der Waals surface area contributed by atoms with Crippen molar-refractivity contribution in [3.8, 4) is 0 Å². The molecule has 1 heterocycles. The second-order valence-corrected chi connectivity index (χ2v) is 6.11. The number of hydrogen-bond acceptors (Lipinski definition) is 3. The molecule has 1 N–H and O–H groups in total. The Bertz CT molecular complexity index is 692. The van der Waals surface area contributed by atoms with Crippen molar-refractivity contribution in [2.75, 3.05) is 0 Å². The van der Waals surface area contributed by atoms with Gasteiger partial charge in [-0.15, -0.1) is 0 Å². The normalized spacial score (nSPS) is 12.3. The van der Waals surface area contributed by atoms with Gasteiger partial charge in [-0.05, 0) is 25.5 Å². The van der Waals surface area contributed by atoms with E-state index in [0.717, 1.165) is 16.0 Å². The van der Waals surface area contributed by atoms with Crippen LogP contribution in [0.2, 0.25) is 0 Å². The van der Waals surface area contributed by atoms with Gasteiger partial charge >= 0.3 is 5.97 Å². The van der Waals surface area contributed by atoms with E-state index in [2.05, 4.69) is 5.10 Å². The van der Waals surface area contributed by atoms with Crippen molar-refractivity contribution in [2.45, 2.75) is 24.5 Å². The molecule has 106 valence electrons. The smallest absolute Gasteiger partial charge is 0.339 e. The van der Waals surface area contributed by atoms with E-state index in [1.54, 1.807) is 7.05 Å². The van der Waals surface area contributed by atoms with Crippen LogP contribution in [0.4, 0.5) is 0 Å². The highest BCUT2D eigenvalue weighted by molar-refractivity contribution is 7.84. The van der Waals surface area contributed by atoms with Gasteiger partial charge in [-0.25, -0.2) is 4.79 Å². The molecule has 2 aromatic rings. The Labute approximate surface area is 119 Å². The van der Waals surface area contributed by atoms with E-state index in [9.17, 15) is 9.00 Å². The quantitative estimate of drug-likeness (QED) is 0.936. The van der Waals surface area contributed by atoms with Crippen LogP contribution in [0.3, 0.4) is 0 Å². The summed E-state index contributed by atoms with van der Waals surface area (Å²) >= 11 is 0. The minimum Gasteiger partial charge on any atom is -0.478 e. The molecule has 1 atom stereocenters. The second kappa shape index (κ2) is 5.58. The summed E-state index contributed by atoms with van der Waals surface area (Å²) in [5.74, 6) is -0.909. The summed E-state index contributed by atoms with van der Waals surface area (Å²) in [6.45, 7) is 3.88. The Morgan fingerprint density at radius 3 is 2.70 bits per heavy atom. The van der Waals surface area contributed by atoms with E-state index in [4.69, 9.17) is 5.11 Å². The molecule has 0 aliphatic heterocycles. The minimum atomic E-state index is -1.29. The molecule has 0 spiro atoms. The van der Waals surface area contributed by atoms with Crippen molar-refractivity contribution < 1.29 is 14.1 Å². The van der Waals surface area contributed by atoms with Crippen LogP contribution in [0.15, 0.2) is 29.3 Å². The lowest BCUT2D eigenvalue weighted by Crippen LogP contribution is -2.09. The number of nitrogens with zero attached hydrogens (tertiary/aromatic N) is 2. The first-order chi connectivity index (χ1) is 9.40. The standard InChI is InChI=1S/C14H16N2O3S/c1-9-4-5-13(10(2)6-9)20(19)8-12-11(14(17)18)7-15-16(12)3/h4-7H,8H2,1-3H3,(H,17,18). The van der Waals surface area contributed by atoms with Crippen LogP contribution in [0.25, 0.3) is 0 Å². The molecule has 0 radical (unpaired) electrons. The lowest BCUT2D eigenvalue weighted by atomic mass is 10.2. The Balaban J connectivity index is 2.33. The predicted molar refractivity (Wildman–Crippen MR) is 76.2 cm³/mol. The first-order valence-electron chi connectivity index (χ1n) is 6.10. The van der Waals surface area contributed by atoms with Crippen molar-refractivity contribution >= 4 is 16.8 Å². The number of aromatic nitrogens is 2. The maximum atomic E-state index is 12.4. The van der Waals surface area contributed by atoms with Crippen molar-refractivity contribution in [3.05, 3.63) is 46.8 Å². The molecule has 0 aliphatic rings. The molecular weight excluding hydrogens is 276 g/mol. The van der Waals surface area contributed by atoms with Crippen molar-refractivity contribution in [2.24, 2.45) is 7.05 Å². The van der Waals surface area contributed by atoms with Gasteiger partial charge in [0.15, 0.2) is 0 Å². The zero-order valence-electron chi connectivity index (χ0n) is 11.6. The van der Waals surface area contributed by atoms with Crippen molar-refractivity contribution in [1.29, 1.82) is 0 Å². The minimum absolute atomic E-state index is 0.102. The lowest BCUT2D eigenvalue weighted by Gasteiger charge is -2.08. The van der Waals surface area contributed by atoms with Crippen LogP contribution in [-0.4, -0.2) is 25.1 Å². The number of carboxylic acid groups (broad SMARTS) is 1. The molecule has 20 heavy (non-hydrogen) atoms. The third kappa shape index (κ3) is 2.80. The van der Waals surface area contributed by atoms with Gasteiger partial charge in [-0.2, -0.15) is 5.10 Å². The summed E-state index contributed by atoms with van der Waals surface area (Å²) in [5, 5.41) is 13.0. The third-order valence-electron chi connectivity index (χ3n) is 3.14. The summed E-state index contributed by atoms with van der Waals surface area (Å²) in [6.07, 6.45) is 1.29. The summed E-state index contributed by atoms with van der Waals surface area (Å²) < 4.78 is 13.9. The number of carboxylic acids is 1. The van der Waals surface area contributed by atoms with Gasteiger partial charge in [-0.3, -0.25) is 8.89 Å². The molecule has 1 unspecified atom stereocenters. The maximum absolute atomic E-state index is 12.4. The Morgan fingerprint density at radius 2 is 2.10 bits per heavy atom. The molecule has 1 aromatic heterocycles. The highest BCUT2D eigenvalue weighted by Crippen LogP contribution is 2.19. The van der Waals surface area contributed by atoms with Crippen LogP contribution < -0.4 is 0 Å². The highest BCUT2D eigenvalue weighted by Gasteiger charge is 2.18. The lowest BCUT2D eigenvalue weighted by molar-refractivity contribution is 0.0696. The molecule has 0 saturated heterocycles. The van der Waals surface area contributed by atoms with E-state index in [1.165, 1.54) is 10.9 Å². The maximum Gasteiger partial charge on any atom is 0.339 e. The topological polar surface area (TPSA) is 72.2 Å². The zero-order chi connectivity index (χ0) is 14.9.